The van der Waals surface area contributed by atoms with Crippen LogP contribution in [0.2, 0.25) is 0 Å². The van der Waals surface area contributed by atoms with Crippen LogP contribution in [0.1, 0.15) is 42.5 Å². The third-order valence-electron chi connectivity index (χ3n) is 3.98. The quantitative estimate of drug-likeness (QED) is 0.730. The number of carboxylic acids is 1. The number of carbonyl (C=O) groups is 2. The van der Waals surface area contributed by atoms with Crippen molar-refractivity contribution in [2.24, 2.45) is 11.5 Å². The number of rotatable bonds is 3. The van der Waals surface area contributed by atoms with Gasteiger partial charge in [-0.2, -0.15) is 0 Å². The molecule has 0 radical (unpaired) electrons. The van der Waals surface area contributed by atoms with Crippen molar-refractivity contribution in [3.63, 3.8) is 0 Å². The highest BCUT2D eigenvalue weighted by Gasteiger charge is 2.06. The molecule has 1 fully saturated rings. The Balaban J connectivity index is 0.000000235. The largest absolute Gasteiger partial charge is 0.480 e. The molecule has 0 saturated heterocycles. The van der Waals surface area contributed by atoms with E-state index in [0.717, 1.165) is 11.8 Å². The zero-order chi connectivity index (χ0) is 19.2. The highest BCUT2D eigenvalue weighted by molar-refractivity contribution is 5.76. The summed E-state index contributed by atoms with van der Waals surface area (Å²) in [6.45, 7) is -0.278. The Kier molecular flexibility index (Phi) is 10.6. The minimum absolute atomic E-state index is 0.278. The van der Waals surface area contributed by atoms with Gasteiger partial charge in [0.05, 0.1) is 6.54 Å². The average molecular weight is 356 g/mol. The summed E-state index contributed by atoms with van der Waals surface area (Å²) in [5, 5.41) is 7.60. The molecule has 2 aromatic rings. The lowest BCUT2D eigenvalue weighted by atomic mass is 9.97. The Morgan fingerprint density at radius 3 is 1.85 bits per heavy atom. The van der Waals surface area contributed by atoms with Crippen LogP contribution in [-0.4, -0.2) is 29.9 Å². The SMILES string of the molecule is NC1CCCCC1.NCC(=O)O.O=Cc1ccc(-c2ccccc2)cc1. The van der Waals surface area contributed by atoms with Gasteiger partial charge in [0, 0.05) is 11.6 Å². The van der Waals surface area contributed by atoms with Crippen molar-refractivity contribution in [3.8, 4) is 11.1 Å². The lowest BCUT2D eigenvalue weighted by Gasteiger charge is -2.15. The summed E-state index contributed by atoms with van der Waals surface area (Å²) < 4.78 is 0. The normalized spacial score (nSPS) is 13.5. The van der Waals surface area contributed by atoms with Crippen LogP contribution in [0.4, 0.5) is 0 Å². The Hall–Kier alpha value is -2.50. The molecule has 0 amide bonds. The molecule has 1 saturated carbocycles. The highest BCUT2D eigenvalue weighted by atomic mass is 16.4. The summed E-state index contributed by atoms with van der Waals surface area (Å²) in [4.78, 5) is 19.7. The van der Waals surface area contributed by atoms with Crippen molar-refractivity contribution in [1.29, 1.82) is 0 Å². The Bertz CT molecular complexity index is 636. The van der Waals surface area contributed by atoms with E-state index < -0.39 is 5.97 Å². The number of hydrogen-bond donors (Lipinski definition) is 3. The number of carbonyl (C=O) groups excluding carboxylic acids is 1. The van der Waals surface area contributed by atoms with Crippen molar-refractivity contribution in [2.75, 3.05) is 6.54 Å². The lowest BCUT2D eigenvalue weighted by molar-refractivity contribution is -0.135. The van der Waals surface area contributed by atoms with Crippen molar-refractivity contribution in [2.45, 2.75) is 38.1 Å². The maximum absolute atomic E-state index is 10.5. The molecule has 5 heteroatoms. The third kappa shape index (κ3) is 9.11. The van der Waals surface area contributed by atoms with Gasteiger partial charge in [0.2, 0.25) is 0 Å². The van der Waals surface area contributed by atoms with E-state index in [-0.39, 0.29) is 6.54 Å². The fourth-order valence-electron chi connectivity index (χ4n) is 2.52. The van der Waals surface area contributed by atoms with Crippen LogP contribution >= 0.6 is 0 Å². The minimum atomic E-state index is -0.968. The van der Waals surface area contributed by atoms with E-state index >= 15 is 0 Å². The van der Waals surface area contributed by atoms with Gasteiger partial charge in [0.25, 0.3) is 0 Å². The number of carboxylic acid groups (broad SMARTS) is 1. The van der Waals surface area contributed by atoms with E-state index in [2.05, 4.69) is 17.9 Å². The van der Waals surface area contributed by atoms with Crippen molar-refractivity contribution in [3.05, 3.63) is 60.2 Å². The summed E-state index contributed by atoms with van der Waals surface area (Å²) in [5.41, 5.74) is 13.2. The van der Waals surface area contributed by atoms with Crippen LogP contribution in [0.3, 0.4) is 0 Å². The molecule has 0 atom stereocenters. The van der Waals surface area contributed by atoms with Crippen molar-refractivity contribution >= 4 is 12.3 Å². The predicted octanol–water partition coefficient (Wildman–Crippen LogP) is 3.47. The second kappa shape index (κ2) is 12.8. The Morgan fingerprint density at radius 2 is 1.46 bits per heavy atom. The van der Waals surface area contributed by atoms with Gasteiger partial charge >= 0.3 is 5.97 Å². The fraction of sp³-hybridized carbons (Fsp3) is 0.333. The standard InChI is InChI=1S/C13H10O.C6H13N.C2H5NO2/c14-10-11-6-8-13(9-7-11)12-4-2-1-3-5-12;7-6-4-2-1-3-5-6;3-1-2(4)5/h1-10H;6H,1-5,7H2;1,3H2,(H,4,5). The number of benzene rings is 2. The molecule has 0 bridgehead atoms. The highest BCUT2D eigenvalue weighted by Crippen LogP contribution is 2.18. The monoisotopic (exact) mass is 356 g/mol. The first kappa shape index (κ1) is 21.5. The third-order valence-corrected chi connectivity index (χ3v) is 3.98. The van der Waals surface area contributed by atoms with Gasteiger partial charge in [0.15, 0.2) is 0 Å². The van der Waals surface area contributed by atoms with Gasteiger partial charge in [-0.15, -0.1) is 0 Å². The van der Waals surface area contributed by atoms with Crippen LogP contribution in [0.15, 0.2) is 54.6 Å². The van der Waals surface area contributed by atoms with Crippen LogP contribution in [0, 0.1) is 0 Å². The molecule has 26 heavy (non-hydrogen) atoms. The summed E-state index contributed by atoms with van der Waals surface area (Å²) in [6.07, 6.45) is 7.52. The molecule has 2 aromatic carbocycles. The van der Waals surface area contributed by atoms with Gasteiger partial charge in [0.1, 0.15) is 6.29 Å². The van der Waals surface area contributed by atoms with E-state index in [9.17, 15) is 9.59 Å². The van der Waals surface area contributed by atoms with Gasteiger partial charge in [-0.3, -0.25) is 9.59 Å². The van der Waals surface area contributed by atoms with Gasteiger partial charge < -0.3 is 16.6 Å². The number of hydrogen-bond acceptors (Lipinski definition) is 4. The molecule has 0 aliphatic heterocycles. The fourth-order valence-corrected chi connectivity index (χ4v) is 2.52. The molecule has 1 aliphatic rings. The topological polar surface area (TPSA) is 106 Å². The molecule has 3 rings (SSSR count). The van der Waals surface area contributed by atoms with Crippen molar-refractivity contribution in [1.82, 2.24) is 0 Å². The molecule has 5 nitrogen and oxygen atoms in total. The summed E-state index contributed by atoms with van der Waals surface area (Å²) in [7, 11) is 0. The second-order valence-corrected chi connectivity index (χ2v) is 6.10. The number of aldehydes is 1. The van der Waals surface area contributed by atoms with E-state index in [0.29, 0.717) is 11.6 Å². The zero-order valence-electron chi connectivity index (χ0n) is 15.0. The first-order valence-electron chi connectivity index (χ1n) is 8.85. The van der Waals surface area contributed by atoms with E-state index in [1.54, 1.807) is 0 Å². The van der Waals surface area contributed by atoms with Crippen molar-refractivity contribution < 1.29 is 14.7 Å². The molecular formula is C21H28N2O3. The Morgan fingerprint density at radius 1 is 0.962 bits per heavy atom. The van der Waals surface area contributed by atoms with Crippen LogP contribution in [0.5, 0.6) is 0 Å². The van der Waals surface area contributed by atoms with Crippen LogP contribution in [0.25, 0.3) is 11.1 Å². The molecule has 0 spiro atoms. The first-order valence-corrected chi connectivity index (χ1v) is 8.85. The van der Waals surface area contributed by atoms with Gasteiger partial charge in [-0.1, -0.05) is 73.9 Å². The van der Waals surface area contributed by atoms with Crippen LogP contribution < -0.4 is 11.5 Å². The molecule has 0 heterocycles. The molecule has 0 aromatic heterocycles. The average Bonchev–Trinajstić information content (AvgIpc) is 2.70. The van der Waals surface area contributed by atoms with Gasteiger partial charge in [-0.05, 0) is 24.0 Å². The van der Waals surface area contributed by atoms with E-state index in [1.165, 1.54) is 37.7 Å². The van der Waals surface area contributed by atoms with E-state index in [4.69, 9.17) is 10.8 Å². The minimum Gasteiger partial charge on any atom is -0.480 e. The first-order chi connectivity index (χ1) is 12.6. The summed E-state index contributed by atoms with van der Waals surface area (Å²) in [6, 6.07) is 18.2. The van der Waals surface area contributed by atoms with Crippen LogP contribution in [-0.2, 0) is 4.79 Å². The molecule has 140 valence electrons. The predicted molar refractivity (Wildman–Crippen MR) is 105 cm³/mol. The maximum Gasteiger partial charge on any atom is 0.317 e. The van der Waals surface area contributed by atoms with E-state index in [1.807, 2.05) is 42.5 Å². The summed E-state index contributed by atoms with van der Waals surface area (Å²) >= 11 is 0. The number of nitrogens with two attached hydrogens (primary N) is 2. The second-order valence-electron chi connectivity index (χ2n) is 6.10. The Labute approximate surface area is 155 Å². The smallest absolute Gasteiger partial charge is 0.317 e. The lowest BCUT2D eigenvalue weighted by Crippen LogP contribution is -2.22. The molecule has 0 unspecified atom stereocenters. The molecule has 5 N–H and O–H groups in total. The number of aliphatic carboxylic acids is 1. The maximum atomic E-state index is 10.5. The van der Waals surface area contributed by atoms with Gasteiger partial charge in [-0.25, -0.2) is 0 Å². The summed E-state index contributed by atoms with van der Waals surface area (Å²) in [5.74, 6) is -0.968. The molecule has 1 aliphatic carbocycles. The molecular weight excluding hydrogens is 328 g/mol. The zero-order valence-corrected chi connectivity index (χ0v) is 15.0.